The summed E-state index contributed by atoms with van der Waals surface area (Å²) in [6, 6.07) is 8.28. The molecule has 11 heteroatoms. The summed E-state index contributed by atoms with van der Waals surface area (Å²) in [5.41, 5.74) is -3.38. The summed E-state index contributed by atoms with van der Waals surface area (Å²) in [5.74, 6) is -1.75. The molecular weight excluding hydrogens is 462 g/mol. The third-order valence-corrected chi connectivity index (χ3v) is 4.71. The predicted molar refractivity (Wildman–Crippen MR) is 104 cm³/mol. The first-order valence-corrected chi connectivity index (χ1v) is 9.51. The second-order valence-electron chi connectivity index (χ2n) is 7.11. The number of para-hydroxylation sites is 1. The molecule has 32 heavy (non-hydrogen) atoms. The molecule has 2 aromatic carbocycles. The Morgan fingerprint density at radius 2 is 1.53 bits per heavy atom. The third kappa shape index (κ3) is 5.07. The first-order valence-electron chi connectivity index (χ1n) is 9.14. The molecule has 3 aromatic rings. The Kier molecular flexibility index (Phi) is 6.28. The maximum absolute atomic E-state index is 13.1. The van der Waals surface area contributed by atoms with Gasteiger partial charge in [0.15, 0.2) is 0 Å². The predicted octanol–water partition coefficient (Wildman–Crippen LogP) is 6.91. The molecule has 0 N–H and O–H groups in total. The maximum atomic E-state index is 13.1. The quantitative estimate of drug-likeness (QED) is 0.304. The summed E-state index contributed by atoms with van der Waals surface area (Å²) in [6.45, 7) is 3.60. The van der Waals surface area contributed by atoms with Crippen LogP contribution in [0.1, 0.15) is 46.9 Å². The van der Waals surface area contributed by atoms with Crippen LogP contribution in [-0.2, 0) is 12.4 Å². The molecule has 0 spiro atoms. The minimum atomic E-state index is -5.10. The smallest absolute Gasteiger partial charge is 0.404 e. The van der Waals surface area contributed by atoms with Gasteiger partial charge in [0.1, 0.15) is 0 Å². The van der Waals surface area contributed by atoms with E-state index in [4.69, 9.17) is 16.3 Å². The van der Waals surface area contributed by atoms with Crippen LogP contribution in [0.2, 0.25) is 5.02 Å². The van der Waals surface area contributed by atoms with Crippen LogP contribution in [0.25, 0.3) is 5.69 Å². The highest BCUT2D eigenvalue weighted by atomic mass is 35.5. The number of hydrogen-bond acceptors (Lipinski definition) is 3. The fourth-order valence-corrected chi connectivity index (χ4v) is 2.97. The van der Waals surface area contributed by atoms with Crippen LogP contribution in [0.5, 0.6) is 5.88 Å². The minimum Gasteiger partial charge on any atom is -0.404 e. The second-order valence-corrected chi connectivity index (χ2v) is 7.52. The Bertz CT molecular complexity index is 1120. The highest BCUT2D eigenvalue weighted by Gasteiger charge is 2.38. The van der Waals surface area contributed by atoms with Crippen molar-refractivity contribution in [2.45, 2.75) is 32.1 Å². The van der Waals surface area contributed by atoms with E-state index in [9.17, 15) is 31.1 Å². The van der Waals surface area contributed by atoms with Gasteiger partial charge in [-0.3, -0.25) is 0 Å². The zero-order valence-corrected chi connectivity index (χ0v) is 17.3. The number of esters is 1. The standard InChI is InChI=1S/C21H15ClF6N2O2/c1-11(2)16-10-18(30(29-16)17-6-4-3-5-15(17)22)32-19(31)12-7-13(20(23,24)25)9-14(8-12)21(26,27)28/h3-11H,1-2H3. The van der Waals surface area contributed by atoms with E-state index in [0.717, 1.165) is 4.68 Å². The van der Waals surface area contributed by atoms with Gasteiger partial charge in [-0.15, -0.1) is 0 Å². The SMILES string of the molecule is CC(C)c1cc(OC(=O)c2cc(C(F)(F)F)cc(C(F)(F)F)c2)n(-c2ccccc2Cl)n1. The Labute approximate surface area is 183 Å². The number of benzene rings is 2. The molecule has 0 saturated carbocycles. The summed E-state index contributed by atoms with van der Waals surface area (Å²) >= 11 is 6.16. The number of carbonyl (C=O) groups is 1. The van der Waals surface area contributed by atoms with Gasteiger partial charge < -0.3 is 4.74 Å². The van der Waals surface area contributed by atoms with Crippen LogP contribution >= 0.6 is 11.6 Å². The average Bonchev–Trinajstić information content (AvgIpc) is 3.10. The van der Waals surface area contributed by atoms with Gasteiger partial charge in [0.2, 0.25) is 5.88 Å². The Morgan fingerprint density at radius 3 is 2.03 bits per heavy atom. The molecule has 0 bridgehead atoms. The molecule has 1 aromatic heterocycles. The number of rotatable bonds is 4. The molecule has 0 unspecified atom stereocenters. The summed E-state index contributed by atoms with van der Waals surface area (Å²) in [6.07, 6.45) is -10.2. The highest BCUT2D eigenvalue weighted by molar-refractivity contribution is 6.32. The van der Waals surface area contributed by atoms with E-state index in [-0.39, 0.29) is 22.9 Å². The molecule has 0 radical (unpaired) electrons. The van der Waals surface area contributed by atoms with E-state index in [1.807, 2.05) is 0 Å². The van der Waals surface area contributed by atoms with Crippen molar-refractivity contribution < 1.29 is 35.9 Å². The lowest BCUT2D eigenvalue weighted by Gasteiger charge is -2.14. The topological polar surface area (TPSA) is 44.1 Å². The monoisotopic (exact) mass is 476 g/mol. The number of hydrogen-bond donors (Lipinski definition) is 0. The van der Waals surface area contributed by atoms with Crippen molar-refractivity contribution >= 4 is 17.6 Å². The molecule has 0 atom stereocenters. The first kappa shape index (κ1) is 23.6. The zero-order chi connectivity index (χ0) is 23.8. The van der Waals surface area contributed by atoms with Crippen molar-refractivity contribution in [3.05, 3.63) is 75.9 Å². The van der Waals surface area contributed by atoms with E-state index >= 15 is 0 Å². The lowest BCUT2D eigenvalue weighted by atomic mass is 10.0. The van der Waals surface area contributed by atoms with Crippen LogP contribution in [-0.4, -0.2) is 15.7 Å². The van der Waals surface area contributed by atoms with Gasteiger partial charge in [0.05, 0.1) is 33.1 Å². The highest BCUT2D eigenvalue weighted by Crippen LogP contribution is 2.37. The number of aromatic nitrogens is 2. The fraction of sp³-hybridized carbons (Fsp3) is 0.238. The summed E-state index contributed by atoms with van der Waals surface area (Å²) in [7, 11) is 0. The van der Waals surface area contributed by atoms with Crippen molar-refractivity contribution in [2.24, 2.45) is 0 Å². The largest absolute Gasteiger partial charge is 0.416 e. The molecule has 0 aliphatic carbocycles. The van der Waals surface area contributed by atoms with Crippen molar-refractivity contribution in [3.63, 3.8) is 0 Å². The minimum absolute atomic E-state index is 0.0678. The van der Waals surface area contributed by atoms with E-state index < -0.39 is 35.0 Å². The van der Waals surface area contributed by atoms with E-state index in [0.29, 0.717) is 23.5 Å². The van der Waals surface area contributed by atoms with Gasteiger partial charge in [-0.05, 0) is 36.2 Å². The second kappa shape index (κ2) is 8.50. The fourth-order valence-electron chi connectivity index (χ4n) is 2.76. The van der Waals surface area contributed by atoms with Crippen LogP contribution in [0.4, 0.5) is 26.3 Å². The van der Waals surface area contributed by atoms with Crippen molar-refractivity contribution in [1.82, 2.24) is 9.78 Å². The Hall–Kier alpha value is -3.01. The molecule has 0 amide bonds. The number of nitrogens with zero attached hydrogens (tertiary/aromatic N) is 2. The summed E-state index contributed by atoms with van der Waals surface area (Å²) < 4.78 is 84.9. The Morgan fingerprint density at radius 1 is 0.969 bits per heavy atom. The van der Waals surface area contributed by atoms with E-state index in [1.54, 1.807) is 38.1 Å². The lowest BCUT2D eigenvalue weighted by molar-refractivity contribution is -0.143. The van der Waals surface area contributed by atoms with Gasteiger partial charge in [-0.1, -0.05) is 37.6 Å². The first-order chi connectivity index (χ1) is 14.8. The molecule has 170 valence electrons. The van der Waals surface area contributed by atoms with Crippen LogP contribution in [0, 0.1) is 0 Å². The van der Waals surface area contributed by atoms with Gasteiger partial charge >= 0.3 is 18.3 Å². The summed E-state index contributed by atoms with van der Waals surface area (Å²) in [4.78, 5) is 12.6. The zero-order valence-electron chi connectivity index (χ0n) is 16.6. The number of ether oxygens (including phenoxy) is 1. The van der Waals surface area contributed by atoms with Gasteiger partial charge in [0.25, 0.3) is 0 Å². The van der Waals surface area contributed by atoms with E-state index in [2.05, 4.69) is 5.10 Å². The lowest BCUT2D eigenvalue weighted by Crippen LogP contribution is -2.17. The van der Waals surface area contributed by atoms with Crippen LogP contribution < -0.4 is 4.74 Å². The van der Waals surface area contributed by atoms with E-state index in [1.165, 1.54) is 6.07 Å². The maximum Gasteiger partial charge on any atom is 0.416 e. The molecular formula is C21H15ClF6N2O2. The molecule has 0 saturated heterocycles. The van der Waals surface area contributed by atoms with Gasteiger partial charge in [-0.2, -0.15) is 36.1 Å². The van der Waals surface area contributed by atoms with Gasteiger partial charge in [0, 0.05) is 6.07 Å². The number of carbonyl (C=O) groups excluding carboxylic acids is 1. The van der Waals surface area contributed by atoms with Crippen molar-refractivity contribution in [2.75, 3.05) is 0 Å². The molecule has 4 nitrogen and oxygen atoms in total. The Balaban J connectivity index is 2.07. The number of alkyl halides is 6. The third-order valence-electron chi connectivity index (χ3n) is 4.39. The normalized spacial score (nSPS) is 12.3. The van der Waals surface area contributed by atoms with Crippen molar-refractivity contribution in [3.8, 4) is 11.6 Å². The molecule has 0 fully saturated rings. The average molecular weight is 477 g/mol. The molecule has 1 heterocycles. The number of halogens is 7. The van der Waals surface area contributed by atoms with Crippen LogP contribution in [0.3, 0.4) is 0 Å². The van der Waals surface area contributed by atoms with Crippen molar-refractivity contribution in [1.29, 1.82) is 0 Å². The molecule has 0 aliphatic heterocycles. The molecule has 0 aliphatic rings. The molecule has 3 rings (SSSR count). The van der Waals surface area contributed by atoms with Gasteiger partial charge in [-0.25, -0.2) is 4.79 Å². The van der Waals surface area contributed by atoms with Crippen LogP contribution in [0.15, 0.2) is 48.5 Å². The summed E-state index contributed by atoms with van der Waals surface area (Å²) in [5, 5.41) is 4.53.